The predicted octanol–water partition coefficient (Wildman–Crippen LogP) is 18.4. The number of carbonyl (C=O) groups is 2. The van der Waals surface area contributed by atoms with E-state index in [9.17, 15) is 35.1 Å². The van der Waals surface area contributed by atoms with Gasteiger partial charge in [0.05, 0.1) is 32.0 Å². The highest BCUT2D eigenvalue weighted by Crippen LogP contribution is 2.23. The van der Waals surface area contributed by atoms with Crippen LogP contribution >= 0.6 is 0 Å². The number of rotatable bonds is 63. The zero-order chi connectivity index (χ0) is 60.9. The highest BCUT2D eigenvalue weighted by atomic mass is 16.7. The van der Waals surface area contributed by atoms with E-state index in [4.69, 9.17) is 14.2 Å². The van der Waals surface area contributed by atoms with Crippen LogP contribution in [0.1, 0.15) is 341 Å². The van der Waals surface area contributed by atoms with Gasteiger partial charge in [0.1, 0.15) is 24.4 Å². The van der Waals surface area contributed by atoms with Crippen LogP contribution in [-0.2, 0) is 23.8 Å². The number of unbranched alkanes of at least 4 members (excludes halogenated alkanes) is 43. The Hall–Kier alpha value is -2.38. The van der Waals surface area contributed by atoms with Crippen molar-refractivity contribution in [3.8, 4) is 0 Å². The van der Waals surface area contributed by atoms with Crippen molar-refractivity contribution in [3.63, 3.8) is 0 Å². The summed E-state index contributed by atoms with van der Waals surface area (Å²) in [5.74, 6) is -0.181. The van der Waals surface area contributed by atoms with Crippen LogP contribution in [-0.4, -0.2) is 100 Å². The van der Waals surface area contributed by atoms with E-state index in [2.05, 4.69) is 55.6 Å². The molecule has 0 radical (unpaired) electrons. The number of carbonyl (C=O) groups excluding carboxylic acids is 2. The van der Waals surface area contributed by atoms with E-state index in [1.807, 2.05) is 6.08 Å². The molecule has 1 fully saturated rings. The predicted molar refractivity (Wildman–Crippen MR) is 352 cm³/mol. The Morgan fingerprint density at radius 3 is 1.24 bits per heavy atom. The molecule has 1 amide bonds. The summed E-state index contributed by atoms with van der Waals surface area (Å²) in [6.45, 7) is 4.31. The van der Waals surface area contributed by atoms with E-state index in [0.717, 1.165) is 64.2 Å². The van der Waals surface area contributed by atoms with Crippen LogP contribution in [0.4, 0.5) is 0 Å². The Morgan fingerprint density at radius 1 is 0.440 bits per heavy atom. The molecule has 11 heteroatoms. The minimum absolute atomic E-state index is 0.00103. The van der Waals surface area contributed by atoms with E-state index < -0.39 is 49.5 Å². The Balaban J connectivity index is 1.90. The molecule has 0 saturated carbocycles. The maximum absolute atomic E-state index is 13.0. The van der Waals surface area contributed by atoms with E-state index in [-0.39, 0.29) is 18.5 Å². The van der Waals surface area contributed by atoms with Gasteiger partial charge in [-0.2, -0.15) is 0 Å². The Labute approximate surface area is 516 Å². The molecule has 0 spiro atoms. The first-order valence-electron chi connectivity index (χ1n) is 35.9. The monoisotopic (exact) mass is 1190 g/mol. The second-order valence-electron chi connectivity index (χ2n) is 24.9. The number of esters is 1. The summed E-state index contributed by atoms with van der Waals surface area (Å²) >= 11 is 0. The van der Waals surface area contributed by atoms with Crippen molar-refractivity contribution in [2.45, 2.75) is 384 Å². The fourth-order valence-electron chi connectivity index (χ4n) is 11.2. The zero-order valence-electron chi connectivity index (χ0n) is 54.6. The van der Waals surface area contributed by atoms with Gasteiger partial charge in [0.15, 0.2) is 6.29 Å². The quantitative estimate of drug-likeness (QED) is 0.0195. The third kappa shape index (κ3) is 50.6. The summed E-state index contributed by atoms with van der Waals surface area (Å²) in [5.41, 5.74) is 0. The summed E-state index contributed by atoms with van der Waals surface area (Å²) in [6.07, 6.45) is 71.2. The molecule has 0 aliphatic carbocycles. The zero-order valence-corrected chi connectivity index (χ0v) is 54.6. The topological polar surface area (TPSA) is 175 Å². The van der Waals surface area contributed by atoms with Gasteiger partial charge in [0.25, 0.3) is 0 Å². The van der Waals surface area contributed by atoms with Crippen molar-refractivity contribution < 1.29 is 49.3 Å². The van der Waals surface area contributed by atoms with Gasteiger partial charge in [-0.3, -0.25) is 9.59 Å². The highest BCUT2D eigenvalue weighted by Gasteiger charge is 2.44. The summed E-state index contributed by atoms with van der Waals surface area (Å²) in [5, 5.41) is 54.3. The Bertz CT molecular complexity index is 1530. The summed E-state index contributed by atoms with van der Waals surface area (Å²) < 4.78 is 16.7. The number of allylic oxidation sites excluding steroid dienone is 7. The molecule has 0 aromatic heterocycles. The average molecular weight is 1190 g/mol. The van der Waals surface area contributed by atoms with Crippen molar-refractivity contribution >= 4 is 11.9 Å². The normalized spacial score (nSPS) is 18.3. The molecular weight excluding hydrogens is 1050 g/mol. The van der Waals surface area contributed by atoms with Gasteiger partial charge in [-0.25, -0.2) is 0 Å². The number of amides is 1. The molecule has 1 saturated heterocycles. The van der Waals surface area contributed by atoms with Crippen molar-refractivity contribution in [1.29, 1.82) is 0 Å². The standard InChI is InChI=1S/C73H135NO10/c1-3-5-7-9-11-13-14-15-16-31-35-38-41-45-49-53-57-61-69(78)82-62-58-54-50-46-42-39-36-33-30-28-26-24-22-20-18-17-19-21-23-25-27-29-32-34-37-40-44-48-52-56-60-68(77)74-65(66(76)59-55-51-47-43-12-10-8-6-4-2)64-83-73-72(81)71(80)70(79)67(63-75)84-73/h11,13,15-16,18,20,55,59,65-67,70-73,75-76,79-81H,3-10,12,14,17,19,21-54,56-58,60-64H2,1-2H3,(H,74,77)/b13-11-,16-15-,20-18-,59-55+. The van der Waals surface area contributed by atoms with Crippen LogP contribution in [0, 0.1) is 0 Å². The number of hydrogen-bond donors (Lipinski definition) is 6. The van der Waals surface area contributed by atoms with E-state index >= 15 is 0 Å². The molecular formula is C73H135NO10. The number of nitrogens with one attached hydrogen (secondary N) is 1. The van der Waals surface area contributed by atoms with Crippen LogP contribution in [0.3, 0.4) is 0 Å². The van der Waals surface area contributed by atoms with E-state index in [0.29, 0.717) is 19.4 Å². The molecule has 84 heavy (non-hydrogen) atoms. The third-order valence-electron chi connectivity index (χ3n) is 16.9. The van der Waals surface area contributed by atoms with Gasteiger partial charge in [0, 0.05) is 12.8 Å². The highest BCUT2D eigenvalue weighted by molar-refractivity contribution is 5.76. The number of hydrogen-bond acceptors (Lipinski definition) is 10. The molecule has 0 bridgehead atoms. The lowest BCUT2D eigenvalue weighted by atomic mass is 9.99. The second kappa shape index (κ2) is 62.2. The molecule has 11 nitrogen and oxygen atoms in total. The Kier molecular flexibility index (Phi) is 59.0. The maximum Gasteiger partial charge on any atom is 0.305 e. The minimum Gasteiger partial charge on any atom is -0.466 e. The molecule has 1 aliphatic heterocycles. The molecule has 0 aromatic rings. The molecule has 1 heterocycles. The summed E-state index contributed by atoms with van der Waals surface area (Å²) in [6, 6.07) is -0.808. The lowest BCUT2D eigenvalue weighted by molar-refractivity contribution is -0.302. The molecule has 7 unspecified atom stereocenters. The van der Waals surface area contributed by atoms with E-state index in [1.165, 1.54) is 250 Å². The fraction of sp³-hybridized carbons (Fsp3) is 0.863. The van der Waals surface area contributed by atoms with Gasteiger partial charge >= 0.3 is 5.97 Å². The first-order chi connectivity index (χ1) is 41.2. The number of aliphatic hydroxyl groups is 5. The molecule has 7 atom stereocenters. The molecule has 6 N–H and O–H groups in total. The van der Waals surface area contributed by atoms with E-state index in [1.54, 1.807) is 6.08 Å². The lowest BCUT2D eigenvalue weighted by Gasteiger charge is -2.40. The first-order valence-corrected chi connectivity index (χ1v) is 35.9. The fourth-order valence-corrected chi connectivity index (χ4v) is 11.2. The largest absolute Gasteiger partial charge is 0.466 e. The maximum atomic E-state index is 13.0. The molecule has 492 valence electrons. The summed E-state index contributed by atoms with van der Waals surface area (Å²) in [4.78, 5) is 25.1. The average Bonchev–Trinajstić information content (AvgIpc) is 3.64. The van der Waals surface area contributed by atoms with Crippen LogP contribution in [0.15, 0.2) is 48.6 Å². The van der Waals surface area contributed by atoms with Crippen molar-refractivity contribution in [2.75, 3.05) is 19.8 Å². The van der Waals surface area contributed by atoms with Crippen LogP contribution in [0.5, 0.6) is 0 Å². The lowest BCUT2D eigenvalue weighted by Crippen LogP contribution is -2.60. The van der Waals surface area contributed by atoms with Crippen LogP contribution in [0.2, 0.25) is 0 Å². The van der Waals surface area contributed by atoms with Gasteiger partial charge in [-0.1, -0.05) is 287 Å². The van der Waals surface area contributed by atoms with Gasteiger partial charge in [0.2, 0.25) is 5.91 Å². The minimum atomic E-state index is -1.57. The molecule has 1 aliphatic rings. The number of aliphatic hydroxyl groups excluding tert-OH is 5. The van der Waals surface area contributed by atoms with Crippen molar-refractivity contribution in [3.05, 3.63) is 48.6 Å². The van der Waals surface area contributed by atoms with Crippen LogP contribution in [0.25, 0.3) is 0 Å². The smallest absolute Gasteiger partial charge is 0.305 e. The van der Waals surface area contributed by atoms with Gasteiger partial charge < -0.3 is 45.1 Å². The Morgan fingerprint density at radius 2 is 0.798 bits per heavy atom. The van der Waals surface area contributed by atoms with Gasteiger partial charge in [-0.15, -0.1) is 0 Å². The number of ether oxygens (including phenoxy) is 3. The molecule has 0 aromatic carbocycles. The van der Waals surface area contributed by atoms with Crippen molar-refractivity contribution in [2.24, 2.45) is 0 Å². The first kappa shape index (κ1) is 79.6. The second-order valence-corrected chi connectivity index (χ2v) is 24.9. The third-order valence-corrected chi connectivity index (χ3v) is 16.9. The molecule has 1 rings (SSSR count). The van der Waals surface area contributed by atoms with Gasteiger partial charge in [-0.05, 0) is 89.9 Å². The summed E-state index contributed by atoms with van der Waals surface area (Å²) in [7, 11) is 0. The van der Waals surface area contributed by atoms with Crippen molar-refractivity contribution in [1.82, 2.24) is 5.32 Å². The van der Waals surface area contributed by atoms with Crippen LogP contribution < -0.4 is 5.32 Å². The SMILES string of the molecule is CCCCC/C=C\C/C=C\CCCCCCCCCC(=O)OCCCCCCCCCCCCCC/C=C\CCCCCCCCCCCCCCCCC(=O)NC(COC1OC(CO)C(O)C(O)C1O)C(O)/C=C/CCCCCCCCC.